The quantitative estimate of drug-likeness (QED) is 0.671. The number of aryl methyl sites for hydroxylation is 4. The van der Waals surface area contributed by atoms with Gasteiger partial charge in [0.05, 0.1) is 22.5 Å². The van der Waals surface area contributed by atoms with Gasteiger partial charge in [-0.25, -0.2) is 9.97 Å². The van der Waals surface area contributed by atoms with Gasteiger partial charge in [-0.2, -0.15) is 5.26 Å². The molecule has 0 aliphatic heterocycles. The number of hydrogen-bond acceptors (Lipinski definition) is 6. The highest BCUT2D eigenvalue weighted by molar-refractivity contribution is 8.00. The lowest BCUT2D eigenvalue weighted by Crippen LogP contribution is -2.14. The summed E-state index contributed by atoms with van der Waals surface area (Å²) in [5, 5.41) is 14.3. The van der Waals surface area contributed by atoms with Crippen LogP contribution in [0.3, 0.4) is 0 Å². The van der Waals surface area contributed by atoms with Crippen LogP contribution in [-0.4, -0.2) is 21.6 Å². The number of benzene rings is 1. The number of aromatic nitrogens is 2. The second kappa shape index (κ2) is 7.44. The molecular formula is C19H18N4OS2. The Bertz CT molecular complexity index is 1030. The predicted molar refractivity (Wildman–Crippen MR) is 107 cm³/mol. The van der Waals surface area contributed by atoms with Crippen LogP contribution in [0.4, 0.5) is 5.13 Å². The van der Waals surface area contributed by atoms with E-state index in [-0.39, 0.29) is 11.7 Å². The Kier molecular flexibility index (Phi) is 5.25. The molecule has 0 bridgehead atoms. The summed E-state index contributed by atoms with van der Waals surface area (Å²) in [6.07, 6.45) is 0. The summed E-state index contributed by atoms with van der Waals surface area (Å²) in [5.74, 6) is 0.0194. The number of carbonyl (C=O) groups excluding carboxylic acids is 1. The molecule has 5 nitrogen and oxygen atoms in total. The Hall–Kier alpha value is -2.43. The first-order valence-electron chi connectivity index (χ1n) is 8.06. The van der Waals surface area contributed by atoms with Crippen molar-refractivity contribution in [3.8, 4) is 6.07 Å². The van der Waals surface area contributed by atoms with Crippen LogP contribution in [0, 0.1) is 39.0 Å². The highest BCUT2D eigenvalue weighted by Crippen LogP contribution is 2.28. The summed E-state index contributed by atoms with van der Waals surface area (Å²) in [7, 11) is 0. The van der Waals surface area contributed by atoms with Gasteiger partial charge in [0, 0.05) is 10.3 Å². The minimum Gasteiger partial charge on any atom is -0.301 e. The summed E-state index contributed by atoms with van der Waals surface area (Å²) in [6, 6.07) is 8.02. The third kappa shape index (κ3) is 3.71. The number of fused-ring (bicyclic) bond motifs is 1. The van der Waals surface area contributed by atoms with E-state index in [9.17, 15) is 10.1 Å². The van der Waals surface area contributed by atoms with Crippen molar-refractivity contribution in [2.24, 2.45) is 0 Å². The number of thiazole rings is 1. The van der Waals surface area contributed by atoms with Crippen LogP contribution in [0.1, 0.15) is 27.3 Å². The summed E-state index contributed by atoms with van der Waals surface area (Å²) < 4.78 is 0. The number of carbonyl (C=O) groups is 1. The van der Waals surface area contributed by atoms with Gasteiger partial charge in [0.1, 0.15) is 11.1 Å². The van der Waals surface area contributed by atoms with Crippen LogP contribution in [0.25, 0.3) is 10.9 Å². The first-order chi connectivity index (χ1) is 12.4. The lowest BCUT2D eigenvalue weighted by atomic mass is 10.0. The van der Waals surface area contributed by atoms with Crippen LogP contribution >= 0.6 is 23.1 Å². The molecule has 0 saturated heterocycles. The molecule has 0 radical (unpaired) electrons. The van der Waals surface area contributed by atoms with E-state index in [1.807, 2.05) is 45.9 Å². The zero-order chi connectivity index (χ0) is 18.8. The fourth-order valence-electron chi connectivity index (χ4n) is 2.47. The van der Waals surface area contributed by atoms with Crippen LogP contribution in [0.5, 0.6) is 0 Å². The minimum atomic E-state index is -0.157. The molecule has 7 heteroatoms. The smallest absolute Gasteiger partial charge is 0.236 e. The van der Waals surface area contributed by atoms with Crippen molar-refractivity contribution in [1.29, 1.82) is 5.26 Å². The maximum Gasteiger partial charge on any atom is 0.236 e. The van der Waals surface area contributed by atoms with Crippen molar-refractivity contribution in [1.82, 2.24) is 9.97 Å². The van der Waals surface area contributed by atoms with E-state index in [1.165, 1.54) is 23.1 Å². The number of nitrogens with one attached hydrogen (secondary N) is 1. The number of rotatable bonds is 4. The molecule has 132 valence electrons. The zero-order valence-corrected chi connectivity index (χ0v) is 16.6. The molecule has 0 atom stereocenters. The third-order valence-electron chi connectivity index (χ3n) is 4.21. The summed E-state index contributed by atoms with van der Waals surface area (Å²) in [4.78, 5) is 22.3. The standard InChI is InChI=1S/C19H18N4OS2/c1-10-5-6-14-7-15(8-20)18(23-17(14)11(10)2)25-9-16(24)22-19-21-12(3)13(4)26-19/h5-7H,9H2,1-4H3,(H,21,22,24). The highest BCUT2D eigenvalue weighted by Gasteiger charge is 2.13. The van der Waals surface area contributed by atoms with E-state index >= 15 is 0 Å². The number of hydrogen-bond donors (Lipinski definition) is 1. The maximum atomic E-state index is 12.2. The topological polar surface area (TPSA) is 78.7 Å². The molecule has 26 heavy (non-hydrogen) atoms. The van der Waals surface area contributed by atoms with Crippen LogP contribution < -0.4 is 5.32 Å². The molecule has 1 amide bonds. The molecule has 1 N–H and O–H groups in total. The largest absolute Gasteiger partial charge is 0.301 e. The zero-order valence-electron chi connectivity index (χ0n) is 15.0. The van der Waals surface area contributed by atoms with Crippen molar-refractivity contribution in [3.63, 3.8) is 0 Å². The van der Waals surface area contributed by atoms with E-state index in [2.05, 4.69) is 21.4 Å². The average molecular weight is 383 g/mol. The Balaban J connectivity index is 1.80. The second-order valence-corrected chi connectivity index (χ2v) is 8.20. The molecule has 0 unspecified atom stereocenters. The van der Waals surface area contributed by atoms with Gasteiger partial charge in [-0.05, 0) is 44.9 Å². The molecule has 0 aliphatic carbocycles. The Morgan fingerprint density at radius 2 is 2.04 bits per heavy atom. The van der Waals surface area contributed by atoms with Gasteiger partial charge in [-0.1, -0.05) is 23.9 Å². The Morgan fingerprint density at radius 1 is 1.27 bits per heavy atom. The van der Waals surface area contributed by atoms with Gasteiger partial charge in [0.15, 0.2) is 5.13 Å². The lowest BCUT2D eigenvalue weighted by Gasteiger charge is -2.09. The third-order valence-corrected chi connectivity index (χ3v) is 6.19. The first kappa shape index (κ1) is 18.4. The fourth-order valence-corrected chi connectivity index (χ4v) is 4.06. The molecule has 1 aromatic carbocycles. The number of thioether (sulfide) groups is 1. The SMILES string of the molecule is Cc1ccc2cc(C#N)c(SCC(=O)Nc3nc(C)c(C)s3)nc2c1C. The van der Waals surface area contributed by atoms with Gasteiger partial charge < -0.3 is 5.32 Å². The van der Waals surface area contributed by atoms with Crippen molar-refractivity contribution >= 4 is 45.0 Å². The highest BCUT2D eigenvalue weighted by atomic mass is 32.2. The predicted octanol–water partition coefficient (Wildman–Crippen LogP) is 4.53. The number of anilines is 1. The first-order valence-corrected chi connectivity index (χ1v) is 9.87. The molecule has 0 spiro atoms. The Morgan fingerprint density at radius 3 is 2.69 bits per heavy atom. The van der Waals surface area contributed by atoms with E-state index in [4.69, 9.17) is 0 Å². The maximum absolute atomic E-state index is 12.2. The van der Waals surface area contributed by atoms with Crippen LogP contribution in [0.15, 0.2) is 23.2 Å². The lowest BCUT2D eigenvalue weighted by molar-refractivity contribution is -0.113. The molecule has 3 rings (SSSR count). The minimum absolute atomic E-state index is 0.157. The summed E-state index contributed by atoms with van der Waals surface area (Å²) in [6.45, 7) is 7.94. The van der Waals surface area contributed by atoms with Crippen molar-refractivity contribution in [3.05, 3.63) is 45.5 Å². The van der Waals surface area contributed by atoms with Gasteiger partial charge in [0.25, 0.3) is 0 Å². The number of nitrogens with zero attached hydrogens (tertiary/aromatic N) is 3. The number of nitriles is 1. The second-order valence-electron chi connectivity index (χ2n) is 6.03. The number of amides is 1. The molecule has 2 aromatic heterocycles. The molecular weight excluding hydrogens is 364 g/mol. The van der Waals surface area contributed by atoms with E-state index < -0.39 is 0 Å². The van der Waals surface area contributed by atoms with Crippen molar-refractivity contribution < 1.29 is 4.79 Å². The van der Waals surface area contributed by atoms with Crippen LogP contribution in [-0.2, 0) is 4.79 Å². The number of pyridine rings is 1. The van der Waals surface area contributed by atoms with E-state index in [0.717, 1.165) is 32.6 Å². The van der Waals surface area contributed by atoms with Crippen LogP contribution in [0.2, 0.25) is 0 Å². The van der Waals surface area contributed by atoms with E-state index in [1.54, 1.807) is 0 Å². The normalized spacial score (nSPS) is 10.7. The van der Waals surface area contributed by atoms with Gasteiger partial charge in [-0.15, -0.1) is 11.3 Å². The van der Waals surface area contributed by atoms with E-state index in [0.29, 0.717) is 15.7 Å². The van der Waals surface area contributed by atoms with Gasteiger partial charge in [-0.3, -0.25) is 4.79 Å². The summed E-state index contributed by atoms with van der Waals surface area (Å²) >= 11 is 2.73. The van der Waals surface area contributed by atoms with Crippen molar-refractivity contribution in [2.75, 3.05) is 11.1 Å². The van der Waals surface area contributed by atoms with Crippen molar-refractivity contribution in [2.45, 2.75) is 32.7 Å². The summed E-state index contributed by atoms with van der Waals surface area (Å²) in [5.41, 5.74) is 4.52. The fraction of sp³-hybridized carbons (Fsp3) is 0.263. The van der Waals surface area contributed by atoms with Gasteiger partial charge in [0.2, 0.25) is 5.91 Å². The monoisotopic (exact) mass is 382 g/mol. The molecule has 0 fully saturated rings. The molecule has 0 aliphatic rings. The molecule has 2 heterocycles. The molecule has 3 aromatic rings. The van der Waals surface area contributed by atoms with Gasteiger partial charge >= 0.3 is 0 Å². The Labute approximate surface area is 160 Å². The average Bonchev–Trinajstić information content (AvgIpc) is 2.93. The molecule has 0 saturated carbocycles.